The number of hydrogen-bond donors (Lipinski definition) is 3. The molecule has 0 spiro atoms. The lowest BCUT2D eigenvalue weighted by Crippen LogP contribution is -2.24. The second kappa shape index (κ2) is 7.18. The van der Waals surface area contributed by atoms with E-state index < -0.39 is 10.1 Å². The van der Waals surface area contributed by atoms with E-state index in [1.165, 1.54) is 4.80 Å². The molecule has 9 heteroatoms. The molecule has 0 fully saturated rings. The Kier molecular flexibility index (Phi) is 4.98. The van der Waals surface area contributed by atoms with Gasteiger partial charge in [0, 0.05) is 6.54 Å². The quantitative estimate of drug-likeness (QED) is 0.426. The summed E-state index contributed by atoms with van der Waals surface area (Å²) in [6.07, 6.45) is 0.625. The van der Waals surface area contributed by atoms with E-state index in [0.29, 0.717) is 18.7 Å². The summed E-state index contributed by atoms with van der Waals surface area (Å²) >= 11 is 0. The second-order valence-electron chi connectivity index (χ2n) is 5.59. The van der Waals surface area contributed by atoms with Crippen molar-refractivity contribution in [1.82, 2.24) is 20.3 Å². The minimum atomic E-state index is -3.95. The first-order valence-electron chi connectivity index (χ1n) is 7.73. The van der Waals surface area contributed by atoms with Crippen molar-refractivity contribution in [3.63, 3.8) is 0 Å². The van der Waals surface area contributed by atoms with Gasteiger partial charge in [-0.25, -0.2) is 0 Å². The molecular formula is C16H18N4O4S. The van der Waals surface area contributed by atoms with Gasteiger partial charge in [0.2, 0.25) is 0 Å². The smallest absolute Gasteiger partial charge is 0.266 e. The van der Waals surface area contributed by atoms with Gasteiger partial charge in [-0.15, -0.1) is 15.0 Å². The zero-order chi connectivity index (χ0) is 17.9. The minimum absolute atomic E-state index is 0.0726. The van der Waals surface area contributed by atoms with Crippen molar-refractivity contribution < 1.29 is 18.1 Å². The molecule has 1 aromatic heterocycles. The van der Waals surface area contributed by atoms with Crippen LogP contribution >= 0.6 is 0 Å². The van der Waals surface area contributed by atoms with Crippen molar-refractivity contribution in [2.75, 3.05) is 18.8 Å². The number of phenolic OH excluding ortho intramolecular Hbond substituents is 1. The summed E-state index contributed by atoms with van der Waals surface area (Å²) in [4.78, 5) is 1.40. The number of nitrogens with one attached hydrogen (secondary N) is 1. The van der Waals surface area contributed by atoms with Gasteiger partial charge in [-0.2, -0.15) is 8.42 Å². The number of rotatable bonds is 7. The van der Waals surface area contributed by atoms with Crippen LogP contribution < -0.4 is 5.32 Å². The Balaban J connectivity index is 1.70. The summed E-state index contributed by atoms with van der Waals surface area (Å²) < 4.78 is 30.0. The van der Waals surface area contributed by atoms with E-state index in [1.807, 2.05) is 24.3 Å². The van der Waals surface area contributed by atoms with Crippen molar-refractivity contribution >= 4 is 21.2 Å². The highest BCUT2D eigenvalue weighted by atomic mass is 32.2. The van der Waals surface area contributed by atoms with E-state index >= 15 is 0 Å². The summed E-state index contributed by atoms with van der Waals surface area (Å²) in [5, 5.41) is 21.8. The molecule has 3 aromatic rings. The average molecular weight is 362 g/mol. The van der Waals surface area contributed by atoms with Crippen LogP contribution in [0.15, 0.2) is 42.5 Å². The van der Waals surface area contributed by atoms with Crippen molar-refractivity contribution in [3.8, 4) is 11.4 Å². The molecule has 0 bridgehead atoms. The van der Waals surface area contributed by atoms with Crippen LogP contribution in [-0.4, -0.2) is 51.9 Å². The van der Waals surface area contributed by atoms with E-state index in [9.17, 15) is 13.5 Å². The first kappa shape index (κ1) is 17.3. The van der Waals surface area contributed by atoms with E-state index in [2.05, 4.69) is 15.5 Å². The molecule has 0 atom stereocenters. The van der Waals surface area contributed by atoms with E-state index in [0.717, 1.165) is 16.6 Å². The van der Waals surface area contributed by atoms with Gasteiger partial charge >= 0.3 is 0 Å². The second-order valence-corrected chi connectivity index (χ2v) is 7.16. The maximum absolute atomic E-state index is 10.6. The SMILES string of the molecule is O=S(=O)(O)CCNCCc1ccc(O)c(-n2nc3ccccc3n2)c1. The first-order chi connectivity index (χ1) is 11.9. The molecule has 3 rings (SSSR count). The van der Waals surface area contributed by atoms with Gasteiger partial charge in [-0.3, -0.25) is 4.55 Å². The lowest BCUT2D eigenvalue weighted by Gasteiger charge is -2.08. The van der Waals surface area contributed by atoms with Crippen LogP contribution in [0.25, 0.3) is 16.7 Å². The Morgan fingerprint density at radius 1 is 1.04 bits per heavy atom. The zero-order valence-corrected chi connectivity index (χ0v) is 14.1. The topological polar surface area (TPSA) is 117 Å². The summed E-state index contributed by atoms with van der Waals surface area (Å²) in [7, 11) is -3.95. The molecular weight excluding hydrogens is 344 g/mol. The van der Waals surface area contributed by atoms with Crippen LogP contribution in [-0.2, 0) is 16.5 Å². The van der Waals surface area contributed by atoms with Crippen LogP contribution in [0.1, 0.15) is 5.56 Å². The molecule has 0 saturated carbocycles. The van der Waals surface area contributed by atoms with Crippen molar-refractivity contribution in [2.45, 2.75) is 6.42 Å². The lowest BCUT2D eigenvalue weighted by molar-refractivity contribution is 0.467. The van der Waals surface area contributed by atoms with Gasteiger partial charge in [0.25, 0.3) is 10.1 Å². The van der Waals surface area contributed by atoms with Gasteiger partial charge in [-0.1, -0.05) is 18.2 Å². The number of fused-ring (bicyclic) bond motifs is 1. The van der Waals surface area contributed by atoms with Crippen molar-refractivity contribution in [1.29, 1.82) is 0 Å². The standard InChI is InChI=1S/C16H18N4O4S/c21-16-6-5-12(7-8-17-9-10-25(22,23)24)11-15(16)20-18-13-3-1-2-4-14(13)19-20/h1-6,11,17,21H,7-10H2,(H,22,23,24). The van der Waals surface area contributed by atoms with Crippen LogP contribution in [0.4, 0.5) is 0 Å². The third kappa shape index (κ3) is 4.53. The molecule has 0 aliphatic carbocycles. The number of benzene rings is 2. The largest absolute Gasteiger partial charge is 0.506 e. The summed E-state index contributed by atoms with van der Waals surface area (Å²) in [5.41, 5.74) is 2.89. The molecule has 0 amide bonds. The summed E-state index contributed by atoms with van der Waals surface area (Å²) in [5.74, 6) is -0.249. The molecule has 2 aromatic carbocycles. The first-order valence-corrected chi connectivity index (χ1v) is 9.33. The fraction of sp³-hybridized carbons (Fsp3) is 0.250. The number of hydrogen-bond acceptors (Lipinski definition) is 6. The highest BCUT2D eigenvalue weighted by molar-refractivity contribution is 7.85. The fourth-order valence-electron chi connectivity index (χ4n) is 2.41. The average Bonchev–Trinajstić information content (AvgIpc) is 2.98. The molecule has 0 saturated heterocycles. The number of phenols is 1. The predicted octanol–water partition coefficient (Wildman–Crippen LogP) is 1.15. The van der Waals surface area contributed by atoms with Crippen LogP contribution in [0.3, 0.4) is 0 Å². The number of aromatic nitrogens is 3. The molecule has 25 heavy (non-hydrogen) atoms. The number of aromatic hydroxyl groups is 1. The lowest BCUT2D eigenvalue weighted by atomic mass is 10.1. The molecule has 132 valence electrons. The summed E-state index contributed by atoms with van der Waals surface area (Å²) in [6, 6.07) is 12.6. The van der Waals surface area contributed by atoms with Gasteiger partial charge in [0.1, 0.15) is 22.5 Å². The Bertz CT molecular complexity index is 952. The molecule has 0 aliphatic heterocycles. The molecule has 3 N–H and O–H groups in total. The van der Waals surface area contributed by atoms with Crippen LogP contribution in [0.5, 0.6) is 5.75 Å². The molecule has 0 unspecified atom stereocenters. The van der Waals surface area contributed by atoms with Crippen LogP contribution in [0, 0.1) is 0 Å². The molecule has 8 nitrogen and oxygen atoms in total. The fourth-order valence-corrected chi connectivity index (χ4v) is 2.81. The van der Waals surface area contributed by atoms with Crippen molar-refractivity contribution in [3.05, 3.63) is 48.0 Å². The molecule has 0 radical (unpaired) electrons. The predicted molar refractivity (Wildman–Crippen MR) is 93.5 cm³/mol. The monoisotopic (exact) mass is 362 g/mol. The van der Waals surface area contributed by atoms with Gasteiger partial charge in [-0.05, 0) is 42.8 Å². The number of nitrogens with zero attached hydrogens (tertiary/aromatic N) is 3. The van der Waals surface area contributed by atoms with Crippen molar-refractivity contribution in [2.24, 2.45) is 0 Å². The van der Waals surface area contributed by atoms with Crippen LogP contribution in [0.2, 0.25) is 0 Å². The van der Waals surface area contributed by atoms with Gasteiger partial charge in [0.15, 0.2) is 0 Å². The third-order valence-corrected chi connectivity index (χ3v) is 4.39. The summed E-state index contributed by atoms with van der Waals surface area (Å²) in [6.45, 7) is 0.712. The Morgan fingerprint density at radius 2 is 1.72 bits per heavy atom. The zero-order valence-electron chi connectivity index (χ0n) is 13.3. The Labute approximate surface area is 144 Å². The third-order valence-electron chi connectivity index (χ3n) is 3.67. The van der Waals surface area contributed by atoms with Gasteiger partial charge < -0.3 is 10.4 Å². The highest BCUT2D eigenvalue weighted by Crippen LogP contribution is 2.23. The maximum atomic E-state index is 10.6. The van der Waals surface area contributed by atoms with E-state index in [-0.39, 0.29) is 18.0 Å². The Hall–Kier alpha value is -2.49. The maximum Gasteiger partial charge on any atom is 0.266 e. The molecule has 1 heterocycles. The van der Waals surface area contributed by atoms with E-state index in [4.69, 9.17) is 4.55 Å². The Morgan fingerprint density at radius 3 is 2.36 bits per heavy atom. The highest BCUT2D eigenvalue weighted by Gasteiger charge is 2.10. The van der Waals surface area contributed by atoms with Gasteiger partial charge in [0.05, 0.1) is 5.75 Å². The van der Waals surface area contributed by atoms with E-state index in [1.54, 1.807) is 18.2 Å². The normalized spacial score (nSPS) is 11.9. The minimum Gasteiger partial charge on any atom is -0.506 e. The molecule has 0 aliphatic rings.